The molecule has 1 heterocycles. The molecule has 2 unspecified atom stereocenters. The standard InChI is InChI=1S/C10H19N3O/c1-5-7(4)9-12-10(14-13-9)8(11)6(2)3/h6-8H,5,11H2,1-4H3. The lowest BCUT2D eigenvalue weighted by Crippen LogP contribution is -2.17. The van der Waals surface area contributed by atoms with Crippen molar-refractivity contribution in [3.05, 3.63) is 11.7 Å². The topological polar surface area (TPSA) is 64.9 Å². The van der Waals surface area contributed by atoms with Crippen LogP contribution >= 0.6 is 0 Å². The second kappa shape index (κ2) is 4.55. The second-order valence-electron chi connectivity index (χ2n) is 4.07. The maximum Gasteiger partial charge on any atom is 0.243 e. The van der Waals surface area contributed by atoms with Gasteiger partial charge in [-0.25, -0.2) is 0 Å². The molecule has 0 spiro atoms. The third-order valence-electron chi connectivity index (χ3n) is 2.51. The Labute approximate surface area is 84.9 Å². The molecule has 0 aliphatic heterocycles. The molecule has 1 rings (SSSR count). The van der Waals surface area contributed by atoms with Crippen LogP contribution in [0.4, 0.5) is 0 Å². The van der Waals surface area contributed by atoms with E-state index in [1.54, 1.807) is 0 Å². The molecule has 1 aromatic heterocycles. The van der Waals surface area contributed by atoms with Gasteiger partial charge in [0.05, 0.1) is 6.04 Å². The number of hydrogen-bond donors (Lipinski definition) is 1. The summed E-state index contributed by atoms with van der Waals surface area (Å²) in [5, 5.41) is 3.92. The van der Waals surface area contributed by atoms with Crippen LogP contribution in [0.2, 0.25) is 0 Å². The fourth-order valence-corrected chi connectivity index (χ4v) is 1.05. The first-order valence-corrected chi connectivity index (χ1v) is 5.15. The van der Waals surface area contributed by atoms with Crippen LogP contribution in [0.25, 0.3) is 0 Å². The third-order valence-corrected chi connectivity index (χ3v) is 2.51. The molecule has 0 saturated heterocycles. The molecule has 2 N–H and O–H groups in total. The molecule has 0 fully saturated rings. The summed E-state index contributed by atoms with van der Waals surface area (Å²) in [5.41, 5.74) is 5.90. The molecule has 0 aliphatic rings. The zero-order valence-corrected chi connectivity index (χ0v) is 9.32. The monoisotopic (exact) mass is 197 g/mol. The number of rotatable bonds is 4. The molecular weight excluding hydrogens is 178 g/mol. The number of nitrogens with zero attached hydrogens (tertiary/aromatic N) is 2. The Morgan fingerprint density at radius 3 is 2.50 bits per heavy atom. The zero-order valence-electron chi connectivity index (χ0n) is 9.32. The van der Waals surface area contributed by atoms with E-state index in [0.717, 1.165) is 12.2 Å². The minimum absolute atomic E-state index is 0.152. The average molecular weight is 197 g/mol. The van der Waals surface area contributed by atoms with Gasteiger partial charge in [0.1, 0.15) is 0 Å². The lowest BCUT2D eigenvalue weighted by molar-refractivity contribution is 0.321. The maximum absolute atomic E-state index is 5.90. The van der Waals surface area contributed by atoms with Gasteiger partial charge in [-0.1, -0.05) is 32.9 Å². The van der Waals surface area contributed by atoms with Crippen molar-refractivity contribution in [3.63, 3.8) is 0 Å². The Kier molecular flexibility index (Phi) is 3.63. The smallest absolute Gasteiger partial charge is 0.243 e. The molecule has 0 saturated carbocycles. The van der Waals surface area contributed by atoms with Crippen molar-refractivity contribution in [1.82, 2.24) is 10.1 Å². The number of aromatic nitrogens is 2. The van der Waals surface area contributed by atoms with Gasteiger partial charge in [0, 0.05) is 5.92 Å². The average Bonchev–Trinajstić information content (AvgIpc) is 2.64. The molecule has 0 aliphatic carbocycles. The van der Waals surface area contributed by atoms with Gasteiger partial charge in [-0.15, -0.1) is 0 Å². The van der Waals surface area contributed by atoms with Crippen LogP contribution in [-0.2, 0) is 0 Å². The van der Waals surface area contributed by atoms with Crippen LogP contribution < -0.4 is 5.73 Å². The Bertz CT molecular complexity index is 283. The van der Waals surface area contributed by atoms with Crippen LogP contribution in [0.5, 0.6) is 0 Å². The Morgan fingerprint density at radius 1 is 1.36 bits per heavy atom. The summed E-state index contributed by atoms with van der Waals surface area (Å²) in [5.74, 6) is 1.97. The van der Waals surface area contributed by atoms with Crippen LogP contribution in [0.3, 0.4) is 0 Å². The summed E-state index contributed by atoms with van der Waals surface area (Å²) in [7, 11) is 0. The third kappa shape index (κ3) is 2.32. The Balaban J connectivity index is 2.77. The minimum Gasteiger partial charge on any atom is -0.338 e. The predicted octanol–water partition coefficient (Wildman–Crippen LogP) is 2.24. The van der Waals surface area contributed by atoms with Gasteiger partial charge in [0.15, 0.2) is 5.82 Å². The molecule has 4 nitrogen and oxygen atoms in total. The lowest BCUT2D eigenvalue weighted by atomic mass is 10.1. The van der Waals surface area contributed by atoms with E-state index in [-0.39, 0.29) is 6.04 Å². The Hall–Kier alpha value is -0.900. The molecule has 2 atom stereocenters. The molecule has 0 amide bonds. The van der Waals surface area contributed by atoms with Gasteiger partial charge in [0.25, 0.3) is 0 Å². The first-order chi connectivity index (χ1) is 6.56. The van der Waals surface area contributed by atoms with E-state index in [9.17, 15) is 0 Å². The van der Waals surface area contributed by atoms with Crippen molar-refractivity contribution < 1.29 is 4.52 Å². The normalized spacial score (nSPS) is 15.9. The van der Waals surface area contributed by atoms with Crippen molar-refractivity contribution in [2.45, 2.75) is 46.1 Å². The van der Waals surface area contributed by atoms with Crippen LogP contribution in [0.1, 0.15) is 57.8 Å². The molecule has 0 radical (unpaired) electrons. The largest absolute Gasteiger partial charge is 0.338 e. The number of nitrogens with two attached hydrogens (primary N) is 1. The molecule has 4 heteroatoms. The number of hydrogen-bond acceptors (Lipinski definition) is 4. The lowest BCUT2D eigenvalue weighted by Gasteiger charge is -2.09. The zero-order chi connectivity index (χ0) is 10.7. The summed E-state index contributed by atoms with van der Waals surface area (Å²) in [6.45, 7) is 8.26. The van der Waals surface area contributed by atoms with Crippen molar-refractivity contribution >= 4 is 0 Å². The second-order valence-corrected chi connectivity index (χ2v) is 4.07. The van der Waals surface area contributed by atoms with Crippen molar-refractivity contribution in [3.8, 4) is 0 Å². The van der Waals surface area contributed by atoms with Crippen LogP contribution in [0, 0.1) is 5.92 Å². The van der Waals surface area contributed by atoms with E-state index < -0.39 is 0 Å². The minimum atomic E-state index is -0.152. The molecular formula is C10H19N3O. The van der Waals surface area contributed by atoms with Gasteiger partial charge in [0.2, 0.25) is 5.89 Å². The first kappa shape index (κ1) is 11.2. The molecule has 0 aromatic carbocycles. The molecule has 80 valence electrons. The highest BCUT2D eigenvalue weighted by molar-refractivity contribution is 4.97. The van der Waals surface area contributed by atoms with E-state index in [2.05, 4.69) is 24.0 Å². The fraction of sp³-hybridized carbons (Fsp3) is 0.800. The highest BCUT2D eigenvalue weighted by Crippen LogP contribution is 2.20. The van der Waals surface area contributed by atoms with Gasteiger partial charge < -0.3 is 10.3 Å². The quantitative estimate of drug-likeness (QED) is 0.803. The molecule has 14 heavy (non-hydrogen) atoms. The van der Waals surface area contributed by atoms with E-state index in [0.29, 0.717) is 17.7 Å². The Morgan fingerprint density at radius 2 is 2.00 bits per heavy atom. The summed E-state index contributed by atoms with van der Waals surface area (Å²) in [6, 6.07) is -0.152. The van der Waals surface area contributed by atoms with E-state index in [1.807, 2.05) is 13.8 Å². The van der Waals surface area contributed by atoms with Gasteiger partial charge >= 0.3 is 0 Å². The molecule has 1 aromatic rings. The fourth-order valence-electron chi connectivity index (χ4n) is 1.05. The van der Waals surface area contributed by atoms with Crippen LogP contribution in [-0.4, -0.2) is 10.1 Å². The van der Waals surface area contributed by atoms with E-state index in [4.69, 9.17) is 10.3 Å². The van der Waals surface area contributed by atoms with Crippen molar-refractivity contribution in [2.24, 2.45) is 11.7 Å². The summed E-state index contributed by atoms with van der Waals surface area (Å²) in [6.07, 6.45) is 1.01. The SMILES string of the molecule is CCC(C)c1noc(C(N)C(C)C)n1. The van der Waals surface area contributed by atoms with Gasteiger partial charge in [-0.3, -0.25) is 0 Å². The summed E-state index contributed by atoms with van der Waals surface area (Å²) < 4.78 is 5.12. The van der Waals surface area contributed by atoms with E-state index >= 15 is 0 Å². The summed E-state index contributed by atoms with van der Waals surface area (Å²) >= 11 is 0. The predicted molar refractivity (Wildman–Crippen MR) is 54.8 cm³/mol. The highest BCUT2D eigenvalue weighted by Gasteiger charge is 2.19. The van der Waals surface area contributed by atoms with Crippen molar-refractivity contribution in [1.29, 1.82) is 0 Å². The van der Waals surface area contributed by atoms with E-state index in [1.165, 1.54) is 0 Å². The first-order valence-electron chi connectivity index (χ1n) is 5.15. The van der Waals surface area contributed by atoms with Crippen LogP contribution in [0.15, 0.2) is 4.52 Å². The molecule has 0 bridgehead atoms. The highest BCUT2D eigenvalue weighted by atomic mass is 16.5. The van der Waals surface area contributed by atoms with Gasteiger partial charge in [-0.05, 0) is 12.3 Å². The summed E-state index contributed by atoms with van der Waals surface area (Å²) in [4.78, 5) is 4.30. The van der Waals surface area contributed by atoms with Gasteiger partial charge in [-0.2, -0.15) is 4.98 Å². The maximum atomic E-state index is 5.90. The van der Waals surface area contributed by atoms with Crippen molar-refractivity contribution in [2.75, 3.05) is 0 Å².